The van der Waals surface area contributed by atoms with Crippen molar-refractivity contribution in [2.45, 2.75) is 23.8 Å². The molecule has 3 nitrogen and oxygen atoms in total. The highest BCUT2D eigenvalue weighted by molar-refractivity contribution is 7.99. The van der Waals surface area contributed by atoms with E-state index in [0.717, 1.165) is 24.3 Å². The molecule has 2 aromatic carbocycles. The lowest BCUT2D eigenvalue weighted by atomic mass is 10.2. The van der Waals surface area contributed by atoms with E-state index in [1.54, 1.807) is 11.8 Å². The Bertz CT molecular complexity index is 609. The maximum absolute atomic E-state index is 11.9. The predicted octanol–water partition coefficient (Wildman–Crippen LogP) is 3.75. The van der Waals surface area contributed by atoms with Crippen LogP contribution in [0.25, 0.3) is 0 Å². The Labute approximate surface area is 135 Å². The molecule has 1 aliphatic carbocycles. The third-order valence-electron chi connectivity index (χ3n) is 3.39. The van der Waals surface area contributed by atoms with Gasteiger partial charge in [-0.1, -0.05) is 18.2 Å². The number of carbonyl (C=O) groups is 1. The van der Waals surface area contributed by atoms with Crippen LogP contribution in [0.15, 0.2) is 59.5 Å². The highest BCUT2D eigenvalue weighted by atomic mass is 32.2. The van der Waals surface area contributed by atoms with Gasteiger partial charge in [-0.3, -0.25) is 4.79 Å². The summed E-state index contributed by atoms with van der Waals surface area (Å²) in [5.41, 5.74) is 0.693. The lowest BCUT2D eigenvalue weighted by Gasteiger charge is -2.07. The van der Waals surface area contributed by atoms with Gasteiger partial charge in [0, 0.05) is 22.3 Å². The van der Waals surface area contributed by atoms with Crippen LogP contribution in [0.4, 0.5) is 0 Å². The zero-order valence-corrected chi connectivity index (χ0v) is 13.1. The van der Waals surface area contributed by atoms with Gasteiger partial charge >= 0.3 is 0 Å². The summed E-state index contributed by atoms with van der Waals surface area (Å²) in [6, 6.07) is 18.0. The van der Waals surface area contributed by atoms with Crippen LogP contribution in [-0.4, -0.2) is 24.3 Å². The van der Waals surface area contributed by atoms with Gasteiger partial charge in [0.2, 0.25) is 0 Å². The minimum Gasteiger partial charge on any atom is -0.493 e. The average Bonchev–Trinajstić information content (AvgIpc) is 3.37. The molecule has 0 aliphatic heterocycles. The van der Waals surface area contributed by atoms with Crippen LogP contribution in [0.5, 0.6) is 5.75 Å². The summed E-state index contributed by atoms with van der Waals surface area (Å²) in [5, 5.41) is 2.98. The van der Waals surface area contributed by atoms with Crippen molar-refractivity contribution in [2.75, 3.05) is 12.4 Å². The highest BCUT2D eigenvalue weighted by Gasteiger charge is 2.23. The first-order valence-electron chi connectivity index (χ1n) is 7.53. The summed E-state index contributed by atoms with van der Waals surface area (Å²) < 4.78 is 5.70. The molecule has 114 valence electrons. The summed E-state index contributed by atoms with van der Waals surface area (Å²) in [5.74, 6) is 1.71. The second-order valence-corrected chi connectivity index (χ2v) is 6.45. The standard InChI is InChI=1S/C18H19NO2S/c20-18(19-15-8-9-15)14-6-10-16(11-7-14)21-12-13-22-17-4-2-1-3-5-17/h1-7,10-11,15H,8-9,12-13H2,(H,19,20). The van der Waals surface area contributed by atoms with E-state index in [9.17, 15) is 4.79 Å². The number of ether oxygens (including phenoxy) is 1. The van der Waals surface area contributed by atoms with E-state index in [2.05, 4.69) is 17.4 Å². The summed E-state index contributed by atoms with van der Waals surface area (Å²) in [6.45, 7) is 0.646. The minimum atomic E-state index is 0.00804. The third kappa shape index (κ3) is 4.53. The van der Waals surface area contributed by atoms with Crippen LogP contribution in [0.1, 0.15) is 23.2 Å². The summed E-state index contributed by atoms with van der Waals surface area (Å²) >= 11 is 1.77. The minimum absolute atomic E-state index is 0.00804. The summed E-state index contributed by atoms with van der Waals surface area (Å²) in [6.07, 6.45) is 2.21. The van der Waals surface area contributed by atoms with Crippen molar-refractivity contribution < 1.29 is 9.53 Å². The maximum atomic E-state index is 11.9. The molecule has 1 aliphatic rings. The Morgan fingerprint density at radius 3 is 2.50 bits per heavy atom. The molecule has 22 heavy (non-hydrogen) atoms. The fourth-order valence-electron chi connectivity index (χ4n) is 2.03. The second-order valence-electron chi connectivity index (χ2n) is 5.28. The predicted molar refractivity (Wildman–Crippen MR) is 89.6 cm³/mol. The van der Waals surface area contributed by atoms with Gasteiger partial charge in [0.05, 0.1) is 6.61 Å². The number of hydrogen-bond donors (Lipinski definition) is 1. The molecule has 0 atom stereocenters. The van der Waals surface area contributed by atoms with E-state index in [1.165, 1.54) is 4.90 Å². The van der Waals surface area contributed by atoms with E-state index in [-0.39, 0.29) is 5.91 Å². The second kappa shape index (κ2) is 7.36. The van der Waals surface area contributed by atoms with Gasteiger partial charge in [-0.15, -0.1) is 11.8 Å². The molecule has 3 rings (SSSR count). The third-order valence-corrected chi connectivity index (χ3v) is 4.37. The van der Waals surface area contributed by atoms with Crippen molar-refractivity contribution in [3.63, 3.8) is 0 Å². The van der Waals surface area contributed by atoms with Crippen LogP contribution in [0.2, 0.25) is 0 Å². The number of thioether (sulfide) groups is 1. The van der Waals surface area contributed by atoms with Crippen molar-refractivity contribution in [3.05, 3.63) is 60.2 Å². The number of nitrogens with one attached hydrogen (secondary N) is 1. The first-order valence-corrected chi connectivity index (χ1v) is 8.51. The lowest BCUT2D eigenvalue weighted by Crippen LogP contribution is -2.25. The van der Waals surface area contributed by atoms with Crippen molar-refractivity contribution in [3.8, 4) is 5.75 Å². The molecule has 1 fully saturated rings. The van der Waals surface area contributed by atoms with Crippen LogP contribution in [0, 0.1) is 0 Å². The van der Waals surface area contributed by atoms with Gasteiger partial charge in [-0.2, -0.15) is 0 Å². The SMILES string of the molecule is O=C(NC1CC1)c1ccc(OCCSc2ccccc2)cc1. The fraction of sp³-hybridized carbons (Fsp3) is 0.278. The maximum Gasteiger partial charge on any atom is 0.251 e. The zero-order valence-electron chi connectivity index (χ0n) is 12.3. The van der Waals surface area contributed by atoms with E-state index in [4.69, 9.17) is 4.74 Å². The quantitative estimate of drug-likeness (QED) is 0.625. The van der Waals surface area contributed by atoms with Gasteiger partial charge in [0.25, 0.3) is 5.91 Å². The van der Waals surface area contributed by atoms with Crippen molar-refractivity contribution in [2.24, 2.45) is 0 Å². The van der Waals surface area contributed by atoms with Crippen LogP contribution < -0.4 is 10.1 Å². The highest BCUT2D eigenvalue weighted by Crippen LogP contribution is 2.20. The molecular formula is C18H19NO2S. The molecule has 0 spiro atoms. The first kappa shape index (κ1) is 15.0. The molecule has 0 bridgehead atoms. The Morgan fingerprint density at radius 1 is 1.09 bits per heavy atom. The Hall–Kier alpha value is -1.94. The molecule has 0 heterocycles. The Kier molecular flexibility index (Phi) is 5.01. The van der Waals surface area contributed by atoms with E-state index < -0.39 is 0 Å². The Balaban J connectivity index is 1.41. The van der Waals surface area contributed by atoms with Gasteiger partial charge < -0.3 is 10.1 Å². The number of benzene rings is 2. The summed E-state index contributed by atoms with van der Waals surface area (Å²) in [4.78, 5) is 13.1. The smallest absolute Gasteiger partial charge is 0.251 e. The molecule has 1 N–H and O–H groups in total. The molecule has 0 unspecified atom stereocenters. The normalized spacial score (nSPS) is 13.6. The number of hydrogen-bond acceptors (Lipinski definition) is 3. The van der Waals surface area contributed by atoms with Crippen LogP contribution in [-0.2, 0) is 0 Å². The zero-order chi connectivity index (χ0) is 15.2. The number of amides is 1. The molecule has 0 radical (unpaired) electrons. The number of rotatable bonds is 7. The van der Waals surface area contributed by atoms with E-state index in [0.29, 0.717) is 18.2 Å². The van der Waals surface area contributed by atoms with Gasteiger partial charge in [-0.05, 0) is 49.2 Å². The first-order chi connectivity index (χ1) is 10.8. The van der Waals surface area contributed by atoms with Crippen LogP contribution >= 0.6 is 11.8 Å². The van der Waals surface area contributed by atoms with E-state index in [1.807, 2.05) is 42.5 Å². The molecule has 2 aromatic rings. The van der Waals surface area contributed by atoms with Gasteiger partial charge in [0.1, 0.15) is 5.75 Å². The fourth-order valence-corrected chi connectivity index (χ4v) is 2.79. The van der Waals surface area contributed by atoms with Crippen molar-refractivity contribution >= 4 is 17.7 Å². The topological polar surface area (TPSA) is 38.3 Å². The Morgan fingerprint density at radius 2 is 1.82 bits per heavy atom. The molecule has 0 aromatic heterocycles. The largest absolute Gasteiger partial charge is 0.493 e. The molecule has 4 heteroatoms. The lowest BCUT2D eigenvalue weighted by molar-refractivity contribution is 0.0951. The molecule has 0 saturated heterocycles. The summed E-state index contributed by atoms with van der Waals surface area (Å²) in [7, 11) is 0. The number of carbonyl (C=O) groups excluding carboxylic acids is 1. The average molecular weight is 313 g/mol. The molecule has 1 amide bonds. The van der Waals surface area contributed by atoms with Crippen molar-refractivity contribution in [1.29, 1.82) is 0 Å². The van der Waals surface area contributed by atoms with E-state index >= 15 is 0 Å². The van der Waals surface area contributed by atoms with Crippen molar-refractivity contribution in [1.82, 2.24) is 5.32 Å². The van der Waals surface area contributed by atoms with Gasteiger partial charge in [0.15, 0.2) is 0 Å². The van der Waals surface area contributed by atoms with Crippen LogP contribution in [0.3, 0.4) is 0 Å². The molecule has 1 saturated carbocycles. The van der Waals surface area contributed by atoms with Gasteiger partial charge in [-0.25, -0.2) is 0 Å². The monoisotopic (exact) mass is 313 g/mol. The molecular weight excluding hydrogens is 294 g/mol.